The number of fused-ring (bicyclic) bond motifs is 1. The van der Waals surface area contributed by atoms with E-state index >= 15 is 0 Å². The number of rotatable bonds is 8. The molecule has 0 radical (unpaired) electrons. The van der Waals surface area contributed by atoms with Crippen LogP contribution in [0.3, 0.4) is 0 Å². The normalized spacial score (nSPS) is 15.1. The minimum absolute atomic E-state index is 0.0116. The van der Waals surface area contributed by atoms with Crippen molar-refractivity contribution in [2.24, 2.45) is 0 Å². The van der Waals surface area contributed by atoms with E-state index in [1.54, 1.807) is 11.8 Å². The highest BCUT2D eigenvalue weighted by molar-refractivity contribution is 7.99. The standard InChI is InChI=1S/C22H26N4O2S/c1-4-16-13-17(19(28-6-3)14-18(16)27-5-2)21-25-26-20(23-24-22(26)29-21)12-15-10-8-7-9-11-15/h7-11,13-14,21,25H,4-6,12H2,1-3H3. The molecule has 1 N–H and O–H groups in total. The molecule has 2 heterocycles. The predicted molar refractivity (Wildman–Crippen MR) is 115 cm³/mol. The van der Waals surface area contributed by atoms with Crippen LogP contribution in [0, 0.1) is 0 Å². The van der Waals surface area contributed by atoms with E-state index in [0.717, 1.165) is 40.9 Å². The van der Waals surface area contributed by atoms with Crippen LogP contribution in [0.4, 0.5) is 0 Å². The van der Waals surface area contributed by atoms with Gasteiger partial charge in [-0.1, -0.05) is 49.0 Å². The zero-order valence-electron chi connectivity index (χ0n) is 17.0. The van der Waals surface area contributed by atoms with Crippen LogP contribution in [0.1, 0.15) is 48.7 Å². The van der Waals surface area contributed by atoms with Crippen LogP contribution >= 0.6 is 11.8 Å². The summed E-state index contributed by atoms with van der Waals surface area (Å²) >= 11 is 1.66. The average molecular weight is 411 g/mol. The quantitative estimate of drug-likeness (QED) is 0.587. The second-order valence-corrected chi connectivity index (χ2v) is 7.81. The molecule has 1 aromatic heterocycles. The number of aromatic nitrogens is 3. The van der Waals surface area contributed by atoms with Crippen LogP contribution in [0.5, 0.6) is 11.5 Å². The van der Waals surface area contributed by atoms with Crippen molar-refractivity contribution in [2.45, 2.75) is 44.1 Å². The lowest BCUT2D eigenvalue weighted by Crippen LogP contribution is -2.17. The average Bonchev–Trinajstić information content (AvgIpc) is 3.31. The van der Waals surface area contributed by atoms with E-state index in [1.807, 2.05) is 42.8 Å². The molecule has 0 saturated carbocycles. The third-order valence-electron chi connectivity index (χ3n) is 4.83. The highest BCUT2D eigenvalue weighted by Gasteiger charge is 2.30. The van der Waals surface area contributed by atoms with Crippen LogP contribution in [0.2, 0.25) is 0 Å². The highest BCUT2D eigenvalue weighted by Crippen LogP contribution is 2.44. The number of hydrogen-bond acceptors (Lipinski definition) is 6. The van der Waals surface area contributed by atoms with Crippen LogP contribution < -0.4 is 14.9 Å². The Bertz CT molecular complexity index is 974. The van der Waals surface area contributed by atoms with Gasteiger partial charge in [0.15, 0.2) is 5.82 Å². The van der Waals surface area contributed by atoms with E-state index in [0.29, 0.717) is 13.2 Å². The molecule has 6 nitrogen and oxygen atoms in total. The van der Waals surface area contributed by atoms with Crippen molar-refractivity contribution >= 4 is 11.8 Å². The van der Waals surface area contributed by atoms with Crippen LogP contribution in [-0.4, -0.2) is 28.1 Å². The molecule has 3 aromatic rings. The molecule has 0 spiro atoms. The summed E-state index contributed by atoms with van der Waals surface area (Å²) in [5.74, 6) is 2.65. The first-order valence-electron chi connectivity index (χ1n) is 10.1. The van der Waals surface area contributed by atoms with E-state index < -0.39 is 0 Å². The fourth-order valence-electron chi connectivity index (χ4n) is 3.46. The number of nitrogens with one attached hydrogen (secondary N) is 1. The molecule has 4 rings (SSSR count). The van der Waals surface area contributed by atoms with E-state index in [2.05, 4.69) is 40.7 Å². The Balaban J connectivity index is 1.62. The van der Waals surface area contributed by atoms with Gasteiger partial charge in [-0.3, -0.25) is 0 Å². The first-order valence-corrected chi connectivity index (χ1v) is 10.9. The lowest BCUT2D eigenvalue weighted by atomic mass is 10.1. The van der Waals surface area contributed by atoms with E-state index in [1.165, 1.54) is 11.1 Å². The maximum Gasteiger partial charge on any atom is 0.212 e. The minimum Gasteiger partial charge on any atom is -0.493 e. The summed E-state index contributed by atoms with van der Waals surface area (Å²) in [7, 11) is 0. The summed E-state index contributed by atoms with van der Waals surface area (Å²) in [6, 6.07) is 14.5. The number of thioether (sulfide) groups is 1. The molecule has 0 fully saturated rings. The lowest BCUT2D eigenvalue weighted by molar-refractivity contribution is 0.318. The summed E-state index contributed by atoms with van der Waals surface area (Å²) in [4.78, 5) is 0. The Morgan fingerprint density at radius 3 is 2.48 bits per heavy atom. The van der Waals surface area contributed by atoms with Crippen LogP contribution in [0.25, 0.3) is 0 Å². The Morgan fingerprint density at radius 2 is 1.76 bits per heavy atom. The van der Waals surface area contributed by atoms with Crippen molar-refractivity contribution in [3.05, 3.63) is 65.0 Å². The van der Waals surface area contributed by atoms with Gasteiger partial charge in [0.2, 0.25) is 5.16 Å². The molecule has 29 heavy (non-hydrogen) atoms. The summed E-state index contributed by atoms with van der Waals surface area (Å²) in [6.07, 6.45) is 1.63. The summed E-state index contributed by atoms with van der Waals surface area (Å²) in [5.41, 5.74) is 7.05. The van der Waals surface area contributed by atoms with Gasteiger partial charge in [-0.2, -0.15) is 0 Å². The Hall–Kier alpha value is -2.67. The van der Waals surface area contributed by atoms with Crippen LogP contribution in [-0.2, 0) is 12.8 Å². The van der Waals surface area contributed by atoms with Gasteiger partial charge in [-0.25, -0.2) is 4.68 Å². The number of hydrogen-bond donors (Lipinski definition) is 1. The molecule has 1 unspecified atom stereocenters. The van der Waals surface area contributed by atoms with Crippen molar-refractivity contribution in [2.75, 3.05) is 18.6 Å². The molecule has 2 aromatic carbocycles. The van der Waals surface area contributed by atoms with Crippen LogP contribution in [0.15, 0.2) is 47.6 Å². The Labute approximate surface area is 175 Å². The molecule has 1 aliphatic rings. The van der Waals surface area contributed by atoms with E-state index in [9.17, 15) is 0 Å². The molecule has 7 heteroatoms. The smallest absolute Gasteiger partial charge is 0.212 e. The van der Waals surface area contributed by atoms with E-state index in [4.69, 9.17) is 9.47 Å². The minimum atomic E-state index is 0.0116. The zero-order chi connectivity index (χ0) is 20.2. The maximum atomic E-state index is 5.96. The molecule has 0 aliphatic carbocycles. The van der Waals surface area contributed by atoms with Gasteiger partial charge in [-0.15, -0.1) is 10.2 Å². The Morgan fingerprint density at radius 1 is 1.00 bits per heavy atom. The molecule has 1 atom stereocenters. The Kier molecular flexibility index (Phi) is 5.94. The zero-order valence-corrected chi connectivity index (χ0v) is 17.8. The van der Waals surface area contributed by atoms with Crippen molar-refractivity contribution in [1.82, 2.24) is 14.9 Å². The SMILES string of the molecule is CCOc1cc(OCC)c(C2Nn3c(Cc4ccccc4)nnc3S2)cc1CC. The summed E-state index contributed by atoms with van der Waals surface area (Å²) in [5, 5.41) is 9.63. The van der Waals surface area contributed by atoms with Crippen molar-refractivity contribution in [1.29, 1.82) is 0 Å². The van der Waals surface area contributed by atoms with Crippen molar-refractivity contribution < 1.29 is 9.47 Å². The molecule has 0 bridgehead atoms. The molecule has 0 amide bonds. The second kappa shape index (κ2) is 8.78. The van der Waals surface area contributed by atoms with E-state index in [-0.39, 0.29) is 5.37 Å². The number of benzene rings is 2. The van der Waals surface area contributed by atoms with Gasteiger partial charge in [0, 0.05) is 18.1 Å². The molecule has 152 valence electrons. The third kappa shape index (κ3) is 4.05. The van der Waals surface area contributed by atoms with Gasteiger partial charge in [-0.05, 0) is 37.5 Å². The molecular formula is C22H26N4O2S. The van der Waals surface area contributed by atoms with Gasteiger partial charge in [0.25, 0.3) is 0 Å². The number of nitrogens with zero attached hydrogens (tertiary/aromatic N) is 3. The first-order chi connectivity index (χ1) is 14.2. The summed E-state index contributed by atoms with van der Waals surface area (Å²) in [6.45, 7) is 7.39. The van der Waals surface area contributed by atoms with Gasteiger partial charge >= 0.3 is 0 Å². The number of aryl methyl sites for hydroxylation is 1. The largest absolute Gasteiger partial charge is 0.493 e. The molecule has 1 aliphatic heterocycles. The van der Waals surface area contributed by atoms with Crippen molar-refractivity contribution in [3.63, 3.8) is 0 Å². The van der Waals surface area contributed by atoms with Gasteiger partial charge in [0.05, 0.1) is 13.2 Å². The fourth-order valence-corrected chi connectivity index (χ4v) is 4.49. The second-order valence-electron chi connectivity index (χ2n) is 6.74. The van der Waals surface area contributed by atoms with Gasteiger partial charge < -0.3 is 14.9 Å². The topological polar surface area (TPSA) is 61.2 Å². The summed E-state index contributed by atoms with van der Waals surface area (Å²) < 4.78 is 13.8. The first kappa shape index (κ1) is 19.6. The monoisotopic (exact) mass is 410 g/mol. The predicted octanol–water partition coefficient (Wildman–Crippen LogP) is 4.58. The third-order valence-corrected chi connectivity index (χ3v) is 5.90. The molecule has 0 saturated heterocycles. The lowest BCUT2D eigenvalue weighted by Gasteiger charge is -2.20. The highest BCUT2D eigenvalue weighted by atomic mass is 32.2. The molecular weight excluding hydrogens is 384 g/mol. The number of ether oxygens (including phenoxy) is 2. The fraction of sp³-hybridized carbons (Fsp3) is 0.364. The van der Waals surface area contributed by atoms with Crippen molar-refractivity contribution in [3.8, 4) is 11.5 Å². The maximum absolute atomic E-state index is 5.96. The van der Waals surface area contributed by atoms with Gasteiger partial charge in [0.1, 0.15) is 16.9 Å².